The van der Waals surface area contributed by atoms with E-state index in [-0.39, 0.29) is 23.9 Å². The number of fused-ring (bicyclic) bond motifs is 1. The third-order valence-corrected chi connectivity index (χ3v) is 7.44. The summed E-state index contributed by atoms with van der Waals surface area (Å²) in [6.45, 7) is 3.38. The molecule has 0 aliphatic carbocycles. The molecule has 33 heavy (non-hydrogen) atoms. The maximum Gasteiger partial charge on any atom is 0.243 e. The fourth-order valence-electron chi connectivity index (χ4n) is 3.67. The Hall–Kier alpha value is -3.23. The van der Waals surface area contributed by atoms with Gasteiger partial charge in [0, 0.05) is 20.6 Å². The van der Waals surface area contributed by atoms with Crippen molar-refractivity contribution in [1.29, 1.82) is 0 Å². The van der Waals surface area contributed by atoms with Crippen LogP contribution in [0.1, 0.15) is 18.1 Å². The van der Waals surface area contributed by atoms with Crippen molar-refractivity contribution in [3.63, 3.8) is 0 Å². The number of sulfonamides is 1. The number of benzene rings is 3. The van der Waals surface area contributed by atoms with Gasteiger partial charge in [0.05, 0.1) is 11.4 Å². The average molecular weight is 468 g/mol. The third kappa shape index (κ3) is 5.58. The summed E-state index contributed by atoms with van der Waals surface area (Å²) in [5.74, 6) is -0.782. The molecule has 174 valence electrons. The minimum atomic E-state index is -3.90. The van der Waals surface area contributed by atoms with E-state index in [2.05, 4.69) is 5.32 Å². The van der Waals surface area contributed by atoms with Crippen LogP contribution in [0.3, 0.4) is 0 Å². The molecule has 0 radical (unpaired) electrons. The second-order valence-corrected chi connectivity index (χ2v) is 10.1. The lowest BCUT2D eigenvalue weighted by Crippen LogP contribution is -2.50. The molecule has 0 heterocycles. The van der Waals surface area contributed by atoms with Crippen LogP contribution in [-0.4, -0.2) is 56.1 Å². The molecule has 0 fully saturated rings. The Morgan fingerprint density at radius 1 is 0.970 bits per heavy atom. The van der Waals surface area contributed by atoms with E-state index < -0.39 is 22.0 Å². The SMILES string of the molecule is CNC(=O)[C@@H](C)N(Cc1cccc(C)c1)C(=O)CN(C)S(=O)(=O)c1ccc2ccccc2c1. The molecular weight excluding hydrogens is 438 g/mol. The summed E-state index contributed by atoms with van der Waals surface area (Å²) in [6.07, 6.45) is 0. The van der Waals surface area contributed by atoms with E-state index in [9.17, 15) is 18.0 Å². The number of likely N-dealkylation sites (N-methyl/N-ethyl adjacent to an activating group) is 2. The summed E-state index contributed by atoms with van der Waals surface area (Å²) >= 11 is 0. The number of amides is 2. The minimum absolute atomic E-state index is 0.112. The molecule has 3 rings (SSSR count). The van der Waals surface area contributed by atoms with Crippen LogP contribution in [0.15, 0.2) is 71.6 Å². The van der Waals surface area contributed by atoms with Gasteiger partial charge in [-0.25, -0.2) is 8.42 Å². The van der Waals surface area contributed by atoms with Crippen molar-refractivity contribution in [2.24, 2.45) is 0 Å². The molecular formula is C25H29N3O4S. The van der Waals surface area contributed by atoms with Gasteiger partial charge in [-0.1, -0.05) is 60.2 Å². The van der Waals surface area contributed by atoms with Crippen molar-refractivity contribution < 1.29 is 18.0 Å². The molecule has 0 unspecified atom stereocenters. The van der Waals surface area contributed by atoms with Gasteiger partial charge in [0.25, 0.3) is 0 Å². The van der Waals surface area contributed by atoms with Crippen LogP contribution in [0.2, 0.25) is 0 Å². The summed E-state index contributed by atoms with van der Waals surface area (Å²) in [5, 5.41) is 4.29. The Balaban J connectivity index is 1.85. The van der Waals surface area contributed by atoms with Gasteiger partial charge in [-0.3, -0.25) is 9.59 Å². The Morgan fingerprint density at radius 3 is 2.33 bits per heavy atom. The Bertz CT molecular complexity index is 1270. The lowest BCUT2D eigenvalue weighted by atomic mass is 10.1. The molecule has 0 aromatic heterocycles. The van der Waals surface area contributed by atoms with Crippen molar-refractivity contribution in [2.45, 2.75) is 31.3 Å². The predicted molar refractivity (Wildman–Crippen MR) is 129 cm³/mol. The van der Waals surface area contributed by atoms with Crippen LogP contribution in [0.5, 0.6) is 0 Å². The van der Waals surface area contributed by atoms with Gasteiger partial charge < -0.3 is 10.2 Å². The first-order valence-corrected chi connectivity index (χ1v) is 12.1. The Kier molecular flexibility index (Phi) is 7.50. The topological polar surface area (TPSA) is 86.8 Å². The number of nitrogens with zero attached hydrogens (tertiary/aromatic N) is 2. The zero-order valence-corrected chi connectivity index (χ0v) is 20.1. The standard InChI is InChI=1S/C25H29N3O4S/c1-18-8-7-9-20(14-18)16-28(19(2)25(30)26-3)24(29)17-27(4)33(31,32)23-13-12-21-10-5-6-11-22(21)15-23/h5-15,19H,16-17H2,1-4H3,(H,26,30)/t19-/m1/s1. The summed E-state index contributed by atoms with van der Waals surface area (Å²) < 4.78 is 27.4. The highest BCUT2D eigenvalue weighted by molar-refractivity contribution is 7.89. The molecule has 1 atom stereocenters. The van der Waals surface area contributed by atoms with Crippen molar-refractivity contribution in [1.82, 2.24) is 14.5 Å². The Labute approximate surface area is 195 Å². The highest BCUT2D eigenvalue weighted by Crippen LogP contribution is 2.22. The van der Waals surface area contributed by atoms with Gasteiger partial charge in [-0.05, 0) is 42.3 Å². The fourth-order valence-corrected chi connectivity index (χ4v) is 4.83. The van der Waals surface area contributed by atoms with Crippen LogP contribution >= 0.6 is 0 Å². The van der Waals surface area contributed by atoms with E-state index in [0.717, 1.165) is 26.2 Å². The lowest BCUT2D eigenvalue weighted by molar-refractivity contribution is -0.140. The molecule has 0 bridgehead atoms. The smallest absolute Gasteiger partial charge is 0.243 e. The van der Waals surface area contributed by atoms with Crippen molar-refractivity contribution in [3.05, 3.63) is 77.9 Å². The monoisotopic (exact) mass is 467 g/mol. The zero-order chi connectivity index (χ0) is 24.2. The zero-order valence-electron chi connectivity index (χ0n) is 19.3. The van der Waals surface area contributed by atoms with Crippen LogP contribution in [0.25, 0.3) is 10.8 Å². The second-order valence-electron chi connectivity index (χ2n) is 8.07. The number of carbonyl (C=O) groups is 2. The summed E-state index contributed by atoms with van der Waals surface area (Å²) in [7, 11) is -1.03. The van der Waals surface area contributed by atoms with E-state index in [4.69, 9.17) is 0 Å². The van der Waals surface area contributed by atoms with Gasteiger partial charge in [0.15, 0.2) is 0 Å². The first kappa shape index (κ1) is 24.4. The maximum absolute atomic E-state index is 13.2. The van der Waals surface area contributed by atoms with E-state index in [1.807, 2.05) is 55.5 Å². The normalized spacial score (nSPS) is 12.5. The van der Waals surface area contributed by atoms with Gasteiger partial charge >= 0.3 is 0 Å². The van der Waals surface area contributed by atoms with Crippen molar-refractivity contribution in [3.8, 4) is 0 Å². The van der Waals surface area contributed by atoms with Crippen LogP contribution in [0, 0.1) is 6.92 Å². The van der Waals surface area contributed by atoms with Crippen molar-refractivity contribution >= 4 is 32.6 Å². The minimum Gasteiger partial charge on any atom is -0.357 e. The third-order valence-electron chi connectivity index (χ3n) is 5.64. The first-order valence-electron chi connectivity index (χ1n) is 10.6. The molecule has 1 N–H and O–H groups in total. The molecule has 0 spiro atoms. The van der Waals surface area contributed by atoms with Gasteiger partial charge in [0.1, 0.15) is 6.04 Å². The first-order chi connectivity index (χ1) is 15.6. The van der Waals surface area contributed by atoms with E-state index >= 15 is 0 Å². The molecule has 3 aromatic rings. The fraction of sp³-hybridized carbons (Fsp3) is 0.280. The van der Waals surface area contributed by atoms with Crippen LogP contribution < -0.4 is 5.32 Å². The predicted octanol–water partition coefficient (Wildman–Crippen LogP) is 2.93. The number of hydrogen-bond donors (Lipinski definition) is 1. The largest absolute Gasteiger partial charge is 0.357 e. The molecule has 0 aliphatic rings. The van der Waals surface area contributed by atoms with Crippen molar-refractivity contribution in [2.75, 3.05) is 20.6 Å². The van der Waals surface area contributed by atoms with E-state index in [0.29, 0.717) is 0 Å². The van der Waals surface area contributed by atoms with E-state index in [1.165, 1.54) is 25.1 Å². The number of hydrogen-bond acceptors (Lipinski definition) is 4. The van der Waals surface area contributed by atoms with Gasteiger partial charge in [0.2, 0.25) is 21.8 Å². The molecule has 8 heteroatoms. The number of rotatable bonds is 8. The molecule has 7 nitrogen and oxygen atoms in total. The number of carbonyl (C=O) groups excluding carboxylic acids is 2. The summed E-state index contributed by atoms with van der Waals surface area (Å²) in [5.41, 5.74) is 1.89. The molecule has 0 aliphatic heterocycles. The quantitative estimate of drug-likeness (QED) is 0.552. The summed E-state index contributed by atoms with van der Waals surface area (Å²) in [6, 6.07) is 19.2. The van der Waals surface area contributed by atoms with Gasteiger partial charge in [-0.15, -0.1) is 0 Å². The highest BCUT2D eigenvalue weighted by Gasteiger charge is 2.30. The van der Waals surface area contributed by atoms with Gasteiger partial charge in [-0.2, -0.15) is 4.31 Å². The molecule has 0 saturated heterocycles. The number of aryl methyl sites for hydroxylation is 1. The summed E-state index contributed by atoms with van der Waals surface area (Å²) in [4.78, 5) is 27.1. The molecule has 3 aromatic carbocycles. The average Bonchev–Trinajstić information content (AvgIpc) is 2.81. The highest BCUT2D eigenvalue weighted by atomic mass is 32.2. The molecule has 2 amide bonds. The molecule has 0 saturated carbocycles. The maximum atomic E-state index is 13.2. The number of nitrogens with one attached hydrogen (secondary N) is 1. The van der Waals surface area contributed by atoms with E-state index in [1.54, 1.807) is 19.1 Å². The van der Waals surface area contributed by atoms with Crippen LogP contribution in [0.4, 0.5) is 0 Å². The Morgan fingerprint density at radius 2 is 1.67 bits per heavy atom. The lowest BCUT2D eigenvalue weighted by Gasteiger charge is -2.30. The second kappa shape index (κ2) is 10.1. The van der Waals surface area contributed by atoms with Crippen LogP contribution in [-0.2, 0) is 26.2 Å².